The Balaban J connectivity index is 2.38. The summed E-state index contributed by atoms with van der Waals surface area (Å²) >= 11 is 1.39. The van der Waals surface area contributed by atoms with Gasteiger partial charge in [-0.3, -0.25) is 14.3 Å². The number of alkyl halides is 5. The van der Waals surface area contributed by atoms with E-state index < -0.39 is 30.0 Å². The van der Waals surface area contributed by atoms with Crippen molar-refractivity contribution in [1.82, 2.24) is 14.5 Å². The summed E-state index contributed by atoms with van der Waals surface area (Å²) in [6, 6.07) is 1.64. The molecule has 0 amide bonds. The Labute approximate surface area is 156 Å². The zero-order valence-corrected chi connectivity index (χ0v) is 15.0. The highest BCUT2D eigenvalue weighted by Gasteiger charge is 2.58. The van der Waals surface area contributed by atoms with Gasteiger partial charge in [0.15, 0.2) is 12.4 Å². The number of hydrogen-bond acceptors (Lipinski definition) is 5. The summed E-state index contributed by atoms with van der Waals surface area (Å²) in [7, 11) is 6.97. The Hall–Kier alpha value is -2.11. The van der Waals surface area contributed by atoms with Crippen LogP contribution in [0.25, 0.3) is 11.5 Å². The summed E-state index contributed by atoms with van der Waals surface area (Å²) in [4.78, 5) is 21.0. The summed E-state index contributed by atoms with van der Waals surface area (Å²) in [5.74, 6) is -5.06. The van der Waals surface area contributed by atoms with Crippen LogP contribution in [-0.2, 0) is 7.05 Å². The van der Waals surface area contributed by atoms with Crippen molar-refractivity contribution < 1.29 is 26.7 Å². The van der Waals surface area contributed by atoms with Gasteiger partial charge in [0.25, 0.3) is 5.56 Å². The van der Waals surface area contributed by atoms with Crippen molar-refractivity contribution in [2.45, 2.75) is 23.9 Å². The average Bonchev–Trinajstić information content (AvgIpc) is 2.56. The lowest BCUT2D eigenvalue weighted by Crippen LogP contribution is -2.42. The van der Waals surface area contributed by atoms with Crippen LogP contribution in [-0.4, -0.2) is 46.8 Å². The second kappa shape index (κ2) is 7.87. The highest BCUT2D eigenvalue weighted by atomic mass is 32.2. The van der Waals surface area contributed by atoms with Crippen LogP contribution in [0.15, 0.2) is 28.2 Å². The highest BCUT2D eigenvalue weighted by molar-refractivity contribution is 7.99. The van der Waals surface area contributed by atoms with Crippen LogP contribution >= 0.6 is 11.8 Å². The largest absolute Gasteiger partial charge is 0.480 e. The van der Waals surface area contributed by atoms with Crippen molar-refractivity contribution in [3.8, 4) is 17.3 Å². The molecule has 144 valence electrons. The third-order valence-corrected chi connectivity index (χ3v) is 4.26. The van der Waals surface area contributed by atoms with Crippen molar-refractivity contribution in [2.75, 3.05) is 12.4 Å². The van der Waals surface area contributed by atoms with E-state index in [4.69, 9.17) is 7.85 Å². The Kier molecular flexibility index (Phi) is 6.18. The molecule has 5 nitrogen and oxygen atoms in total. The van der Waals surface area contributed by atoms with E-state index >= 15 is 0 Å². The topological polar surface area (TPSA) is 57.0 Å². The molecular weight excluding hydrogens is 392 g/mol. The summed E-state index contributed by atoms with van der Waals surface area (Å²) < 4.78 is 67.9. The predicted octanol–water partition coefficient (Wildman–Crippen LogP) is 2.32. The third kappa shape index (κ3) is 4.60. The van der Waals surface area contributed by atoms with Crippen LogP contribution in [0.4, 0.5) is 22.0 Å². The molecular formula is C15H13BF5N3O2S. The number of rotatable bonds is 6. The van der Waals surface area contributed by atoms with Crippen LogP contribution < -0.4 is 15.8 Å². The number of ether oxygens (including phenoxy) is 1. The van der Waals surface area contributed by atoms with Gasteiger partial charge in [-0.25, -0.2) is 4.98 Å². The van der Waals surface area contributed by atoms with E-state index in [1.165, 1.54) is 25.0 Å². The van der Waals surface area contributed by atoms with Crippen LogP contribution in [0.1, 0.15) is 6.92 Å². The lowest BCUT2D eigenvalue weighted by atomic mass is 9.98. The second-order valence-corrected chi connectivity index (χ2v) is 6.66. The van der Waals surface area contributed by atoms with Crippen molar-refractivity contribution in [1.29, 1.82) is 0 Å². The summed E-state index contributed by atoms with van der Waals surface area (Å²) in [5, 5.41) is 0. The van der Waals surface area contributed by atoms with Crippen molar-refractivity contribution in [3.63, 3.8) is 0 Å². The fraction of sp³-hybridized carbons (Fsp3) is 0.400. The molecule has 0 saturated heterocycles. The standard InChI is InChI=1S/C15H13BF5N3O2S/c1-3-27-10-4-8(16)5-22-11(10)12-23-6-9(13(25)24(12)2)26-7-14(17,18)15(19,20)21/h4-6H,3,7H2,1-2H3. The van der Waals surface area contributed by atoms with E-state index in [2.05, 4.69) is 14.7 Å². The van der Waals surface area contributed by atoms with E-state index in [1.54, 1.807) is 6.07 Å². The van der Waals surface area contributed by atoms with Gasteiger partial charge in [-0.1, -0.05) is 18.5 Å². The van der Waals surface area contributed by atoms with Crippen molar-refractivity contribution >= 4 is 25.1 Å². The van der Waals surface area contributed by atoms with Gasteiger partial charge in [-0.2, -0.15) is 22.0 Å². The van der Waals surface area contributed by atoms with E-state index in [-0.39, 0.29) is 5.82 Å². The highest BCUT2D eigenvalue weighted by Crippen LogP contribution is 2.35. The van der Waals surface area contributed by atoms with E-state index in [9.17, 15) is 26.7 Å². The number of halogens is 5. The summed E-state index contributed by atoms with van der Waals surface area (Å²) in [6.45, 7) is -0.133. The quantitative estimate of drug-likeness (QED) is 0.420. The number of pyridine rings is 1. The molecule has 2 aromatic rings. The Morgan fingerprint density at radius 3 is 2.48 bits per heavy atom. The van der Waals surface area contributed by atoms with Crippen molar-refractivity contribution in [2.24, 2.45) is 7.05 Å². The maximum Gasteiger partial charge on any atom is 0.456 e. The molecule has 0 aliphatic heterocycles. The Morgan fingerprint density at radius 2 is 1.89 bits per heavy atom. The molecule has 0 aromatic carbocycles. The molecule has 0 atom stereocenters. The van der Waals surface area contributed by atoms with Gasteiger partial charge in [0.2, 0.25) is 5.75 Å². The van der Waals surface area contributed by atoms with Crippen LogP contribution in [0.5, 0.6) is 5.75 Å². The number of hydrogen-bond donors (Lipinski definition) is 0. The van der Waals surface area contributed by atoms with Gasteiger partial charge in [0.1, 0.15) is 13.5 Å². The van der Waals surface area contributed by atoms with Gasteiger partial charge in [-0.15, -0.1) is 11.8 Å². The molecule has 0 N–H and O–H groups in total. The number of nitrogens with zero attached hydrogens (tertiary/aromatic N) is 3. The van der Waals surface area contributed by atoms with Gasteiger partial charge in [0.05, 0.1) is 6.20 Å². The van der Waals surface area contributed by atoms with Gasteiger partial charge in [0, 0.05) is 18.1 Å². The molecule has 27 heavy (non-hydrogen) atoms. The number of thioether (sulfide) groups is 1. The first kappa shape index (κ1) is 21.2. The first-order valence-electron chi connectivity index (χ1n) is 7.50. The zero-order chi connectivity index (χ0) is 20.4. The molecule has 0 aliphatic rings. The summed E-state index contributed by atoms with van der Waals surface area (Å²) in [6.07, 6.45) is -3.64. The van der Waals surface area contributed by atoms with Gasteiger partial charge < -0.3 is 4.74 Å². The minimum absolute atomic E-state index is 0.0888. The average molecular weight is 405 g/mol. The number of aromatic nitrogens is 3. The van der Waals surface area contributed by atoms with Crippen molar-refractivity contribution in [3.05, 3.63) is 28.8 Å². The first-order chi connectivity index (χ1) is 12.5. The van der Waals surface area contributed by atoms with E-state index in [1.807, 2.05) is 6.92 Å². The minimum Gasteiger partial charge on any atom is -0.480 e. The van der Waals surface area contributed by atoms with Crippen LogP contribution in [0.3, 0.4) is 0 Å². The lowest BCUT2D eigenvalue weighted by Gasteiger charge is -2.19. The molecule has 0 saturated carbocycles. The first-order valence-corrected chi connectivity index (χ1v) is 8.48. The predicted molar refractivity (Wildman–Crippen MR) is 91.0 cm³/mol. The fourth-order valence-electron chi connectivity index (χ4n) is 1.99. The fourth-order valence-corrected chi connectivity index (χ4v) is 2.80. The maximum absolute atomic E-state index is 13.0. The Bertz CT molecular complexity index is 889. The van der Waals surface area contributed by atoms with Gasteiger partial charge in [-0.05, 0) is 5.75 Å². The molecule has 2 rings (SSSR count). The maximum atomic E-state index is 13.0. The molecule has 12 heteroatoms. The van der Waals surface area contributed by atoms with Gasteiger partial charge >= 0.3 is 12.1 Å². The molecule has 0 unspecified atom stereocenters. The monoisotopic (exact) mass is 405 g/mol. The second-order valence-electron chi connectivity index (χ2n) is 5.35. The zero-order valence-electron chi connectivity index (χ0n) is 14.2. The minimum atomic E-state index is -5.79. The van der Waals surface area contributed by atoms with Crippen LogP contribution in [0.2, 0.25) is 0 Å². The van der Waals surface area contributed by atoms with E-state index in [0.717, 1.165) is 10.8 Å². The molecule has 0 bridgehead atoms. The lowest BCUT2D eigenvalue weighted by molar-refractivity contribution is -0.290. The molecule has 2 radical (unpaired) electrons. The molecule has 2 aromatic heterocycles. The third-order valence-electron chi connectivity index (χ3n) is 3.35. The molecule has 0 aliphatic carbocycles. The molecule has 2 heterocycles. The molecule has 0 fully saturated rings. The van der Waals surface area contributed by atoms with Crippen LogP contribution in [0, 0.1) is 0 Å². The van der Waals surface area contributed by atoms with E-state index in [0.29, 0.717) is 21.8 Å². The SMILES string of the molecule is [B]c1cnc(-c2ncc(OCC(F)(F)C(F)(F)F)c(=O)n2C)c(SCC)c1. The smallest absolute Gasteiger partial charge is 0.456 e. The molecule has 0 spiro atoms. The Morgan fingerprint density at radius 1 is 1.22 bits per heavy atom. The summed E-state index contributed by atoms with van der Waals surface area (Å²) in [5.41, 5.74) is -0.207. The normalized spacial score (nSPS) is 12.3.